The molecule has 0 saturated carbocycles. The van der Waals surface area contributed by atoms with Crippen molar-refractivity contribution in [2.75, 3.05) is 7.05 Å². The summed E-state index contributed by atoms with van der Waals surface area (Å²) in [5.74, 6) is 0.245. The molecule has 0 saturated heterocycles. The Balaban J connectivity index is 1.77. The lowest BCUT2D eigenvalue weighted by Gasteiger charge is -2.09. The zero-order valence-corrected chi connectivity index (χ0v) is 13.7. The molecule has 1 heterocycles. The smallest absolute Gasteiger partial charge is 0.251 e. The maximum absolute atomic E-state index is 12.9. The van der Waals surface area contributed by atoms with Crippen LogP contribution in [0.25, 0.3) is 11.3 Å². The van der Waals surface area contributed by atoms with Crippen LogP contribution in [0.3, 0.4) is 0 Å². The Morgan fingerprint density at radius 3 is 2.68 bits per heavy atom. The normalized spacial score (nSPS) is 10.3. The van der Waals surface area contributed by atoms with Crippen molar-refractivity contribution in [2.24, 2.45) is 0 Å². The fourth-order valence-corrected chi connectivity index (χ4v) is 2.37. The number of nitrogens with zero attached hydrogens (tertiary/aromatic N) is 1. The highest BCUT2D eigenvalue weighted by molar-refractivity contribution is 5.94. The summed E-state index contributed by atoms with van der Waals surface area (Å²) in [6.45, 7) is 0.343. The van der Waals surface area contributed by atoms with E-state index in [0.29, 0.717) is 23.6 Å². The van der Waals surface area contributed by atoms with Crippen molar-refractivity contribution in [1.29, 1.82) is 0 Å². The molecule has 1 amide bonds. The number of carbonyl (C=O) groups is 1. The van der Waals surface area contributed by atoms with Gasteiger partial charge >= 0.3 is 0 Å². The first-order valence-corrected chi connectivity index (χ1v) is 7.81. The van der Waals surface area contributed by atoms with E-state index in [1.54, 1.807) is 37.5 Å². The summed E-state index contributed by atoms with van der Waals surface area (Å²) in [5.41, 5.74) is 2.97. The van der Waals surface area contributed by atoms with Crippen LogP contribution >= 0.6 is 0 Å². The van der Waals surface area contributed by atoms with Crippen molar-refractivity contribution in [1.82, 2.24) is 10.3 Å². The van der Waals surface area contributed by atoms with E-state index in [1.165, 1.54) is 12.1 Å². The topological polar surface area (TPSA) is 51.2 Å². The molecule has 2 aromatic carbocycles. The average molecular weight is 336 g/mol. The SMILES string of the molecule is CNC(=O)c1ccnc(-c2cccc(OCc3ccc(F)cc3)c2)c1. The van der Waals surface area contributed by atoms with Crippen molar-refractivity contribution in [3.8, 4) is 17.0 Å². The molecule has 25 heavy (non-hydrogen) atoms. The zero-order valence-electron chi connectivity index (χ0n) is 13.7. The van der Waals surface area contributed by atoms with Crippen LogP contribution in [0, 0.1) is 5.82 Å². The lowest BCUT2D eigenvalue weighted by molar-refractivity contribution is 0.0963. The zero-order chi connectivity index (χ0) is 17.6. The van der Waals surface area contributed by atoms with E-state index in [-0.39, 0.29) is 11.7 Å². The van der Waals surface area contributed by atoms with E-state index in [9.17, 15) is 9.18 Å². The molecule has 126 valence electrons. The molecular formula is C20H17FN2O2. The van der Waals surface area contributed by atoms with Gasteiger partial charge in [-0.1, -0.05) is 24.3 Å². The summed E-state index contributed by atoms with van der Waals surface area (Å²) in [6, 6.07) is 17.1. The number of ether oxygens (including phenoxy) is 1. The quantitative estimate of drug-likeness (QED) is 0.770. The molecule has 0 bridgehead atoms. The van der Waals surface area contributed by atoms with E-state index >= 15 is 0 Å². The molecule has 1 N–H and O–H groups in total. The number of hydrogen-bond donors (Lipinski definition) is 1. The molecule has 3 rings (SSSR count). The van der Waals surface area contributed by atoms with Crippen LogP contribution in [0.4, 0.5) is 4.39 Å². The molecule has 0 fully saturated rings. The van der Waals surface area contributed by atoms with Gasteiger partial charge in [-0.2, -0.15) is 0 Å². The summed E-state index contributed by atoms with van der Waals surface area (Å²) in [7, 11) is 1.59. The number of aromatic nitrogens is 1. The van der Waals surface area contributed by atoms with Gasteiger partial charge in [-0.15, -0.1) is 0 Å². The fraction of sp³-hybridized carbons (Fsp3) is 0.100. The van der Waals surface area contributed by atoms with Gasteiger partial charge in [0, 0.05) is 24.4 Å². The van der Waals surface area contributed by atoms with Crippen LogP contribution in [0.1, 0.15) is 15.9 Å². The molecule has 0 radical (unpaired) electrons. The molecule has 0 spiro atoms. The van der Waals surface area contributed by atoms with Crippen LogP contribution in [0.5, 0.6) is 5.75 Å². The van der Waals surface area contributed by atoms with E-state index < -0.39 is 0 Å². The third kappa shape index (κ3) is 4.20. The van der Waals surface area contributed by atoms with Crippen molar-refractivity contribution in [3.05, 3.63) is 83.8 Å². The molecule has 3 aromatic rings. The Morgan fingerprint density at radius 1 is 1.12 bits per heavy atom. The molecule has 4 nitrogen and oxygen atoms in total. The summed E-state index contributed by atoms with van der Waals surface area (Å²) < 4.78 is 18.7. The first-order chi connectivity index (χ1) is 12.2. The van der Waals surface area contributed by atoms with Crippen molar-refractivity contribution in [2.45, 2.75) is 6.61 Å². The van der Waals surface area contributed by atoms with Crippen LogP contribution in [0.15, 0.2) is 66.9 Å². The van der Waals surface area contributed by atoms with Crippen molar-refractivity contribution < 1.29 is 13.9 Å². The van der Waals surface area contributed by atoms with Gasteiger partial charge in [0.05, 0.1) is 5.69 Å². The Hall–Kier alpha value is -3.21. The largest absolute Gasteiger partial charge is 0.489 e. The number of amides is 1. The summed E-state index contributed by atoms with van der Waals surface area (Å²) in [4.78, 5) is 16.1. The third-order valence-electron chi connectivity index (χ3n) is 3.70. The highest BCUT2D eigenvalue weighted by Gasteiger charge is 2.07. The summed E-state index contributed by atoms with van der Waals surface area (Å²) in [5, 5.41) is 2.60. The number of hydrogen-bond acceptors (Lipinski definition) is 3. The van der Waals surface area contributed by atoms with Gasteiger partial charge in [-0.05, 0) is 42.0 Å². The lowest BCUT2D eigenvalue weighted by atomic mass is 10.1. The minimum atomic E-state index is -0.271. The monoisotopic (exact) mass is 336 g/mol. The van der Waals surface area contributed by atoms with Crippen LogP contribution in [0.2, 0.25) is 0 Å². The number of rotatable bonds is 5. The number of benzene rings is 2. The molecule has 0 atom stereocenters. The van der Waals surface area contributed by atoms with E-state index in [2.05, 4.69) is 10.3 Å². The highest BCUT2D eigenvalue weighted by atomic mass is 19.1. The Kier molecular flexibility index (Phi) is 5.04. The van der Waals surface area contributed by atoms with E-state index in [1.807, 2.05) is 24.3 Å². The van der Waals surface area contributed by atoms with Gasteiger partial charge in [-0.3, -0.25) is 9.78 Å². The minimum absolute atomic E-state index is 0.160. The molecule has 0 aliphatic rings. The van der Waals surface area contributed by atoms with Gasteiger partial charge < -0.3 is 10.1 Å². The molecule has 0 aliphatic carbocycles. The average Bonchev–Trinajstić information content (AvgIpc) is 2.67. The Morgan fingerprint density at radius 2 is 1.92 bits per heavy atom. The van der Waals surface area contributed by atoms with Crippen molar-refractivity contribution >= 4 is 5.91 Å². The highest BCUT2D eigenvalue weighted by Crippen LogP contribution is 2.23. The maximum Gasteiger partial charge on any atom is 0.251 e. The molecule has 5 heteroatoms. The van der Waals surface area contributed by atoms with Gasteiger partial charge in [0.1, 0.15) is 18.2 Å². The molecular weight excluding hydrogens is 319 g/mol. The summed E-state index contributed by atoms with van der Waals surface area (Å²) in [6.07, 6.45) is 1.60. The van der Waals surface area contributed by atoms with E-state index in [0.717, 1.165) is 11.1 Å². The first-order valence-electron chi connectivity index (χ1n) is 7.81. The number of pyridine rings is 1. The first kappa shape index (κ1) is 16.6. The third-order valence-corrected chi connectivity index (χ3v) is 3.70. The predicted octanol–water partition coefficient (Wildman–Crippen LogP) is 3.83. The Labute approximate surface area is 145 Å². The van der Waals surface area contributed by atoms with Crippen LogP contribution in [-0.4, -0.2) is 17.9 Å². The number of carbonyl (C=O) groups excluding carboxylic acids is 1. The molecule has 0 unspecified atom stereocenters. The predicted molar refractivity (Wildman–Crippen MR) is 93.8 cm³/mol. The van der Waals surface area contributed by atoms with Gasteiger partial charge in [0.25, 0.3) is 5.91 Å². The Bertz CT molecular complexity index is 879. The standard InChI is InChI=1S/C20H17FN2O2/c1-22-20(24)16-9-10-23-19(12-16)15-3-2-4-18(11-15)25-13-14-5-7-17(21)8-6-14/h2-12H,13H2,1H3,(H,22,24). The van der Waals surface area contributed by atoms with Crippen LogP contribution < -0.4 is 10.1 Å². The maximum atomic E-state index is 12.9. The minimum Gasteiger partial charge on any atom is -0.489 e. The second-order valence-electron chi connectivity index (χ2n) is 5.45. The van der Waals surface area contributed by atoms with E-state index in [4.69, 9.17) is 4.74 Å². The van der Waals surface area contributed by atoms with Gasteiger partial charge in [0.2, 0.25) is 0 Å². The lowest BCUT2D eigenvalue weighted by Crippen LogP contribution is -2.17. The van der Waals surface area contributed by atoms with Crippen LogP contribution in [-0.2, 0) is 6.61 Å². The fourth-order valence-electron chi connectivity index (χ4n) is 2.37. The van der Waals surface area contributed by atoms with Gasteiger partial charge in [-0.25, -0.2) is 4.39 Å². The number of halogens is 1. The molecule has 1 aromatic heterocycles. The van der Waals surface area contributed by atoms with Gasteiger partial charge in [0.15, 0.2) is 0 Å². The summed E-state index contributed by atoms with van der Waals surface area (Å²) >= 11 is 0. The molecule has 0 aliphatic heterocycles. The number of nitrogens with one attached hydrogen (secondary N) is 1. The van der Waals surface area contributed by atoms with Crippen molar-refractivity contribution in [3.63, 3.8) is 0 Å². The second kappa shape index (κ2) is 7.57. The second-order valence-corrected chi connectivity index (χ2v) is 5.45.